The molecule has 168 valence electrons. The van der Waals surface area contributed by atoms with E-state index in [1.54, 1.807) is 0 Å². The first-order valence-corrected chi connectivity index (χ1v) is 12.5. The lowest BCUT2D eigenvalue weighted by atomic mass is 9.38. The first kappa shape index (κ1) is 19.4. The molecule has 7 rings (SSSR count). The number of hydrogen-bond donors (Lipinski definition) is 0. The molecular weight excluding hydrogens is 400 g/mol. The van der Waals surface area contributed by atoms with Gasteiger partial charge < -0.3 is 18.9 Å². The zero-order valence-corrected chi connectivity index (χ0v) is 18.6. The zero-order valence-electron chi connectivity index (χ0n) is 18.6. The summed E-state index contributed by atoms with van der Waals surface area (Å²) < 4.78 is 23.7. The van der Waals surface area contributed by atoms with Gasteiger partial charge >= 0.3 is 0 Å². The molecular formula is C28H32O4. The Bertz CT molecular complexity index is 935. The van der Waals surface area contributed by atoms with Gasteiger partial charge in [-0.05, 0) is 55.1 Å². The fourth-order valence-corrected chi connectivity index (χ4v) is 7.42. The molecule has 2 bridgehead atoms. The first-order valence-electron chi connectivity index (χ1n) is 12.5. The van der Waals surface area contributed by atoms with E-state index in [0.29, 0.717) is 25.0 Å². The van der Waals surface area contributed by atoms with Crippen LogP contribution < -0.4 is 9.47 Å². The van der Waals surface area contributed by atoms with Crippen molar-refractivity contribution in [3.05, 3.63) is 59.7 Å². The van der Waals surface area contributed by atoms with Gasteiger partial charge in [0, 0.05) is 16.5 Å². The normalized spacial score (nSPS) is 38.5. The van der Waals surface area contributed by atoms with Gasteiger partial charge in [-0.25, -0.2) is 0 Å². The number of rotatable bonds is 8. The molecule has 0 amide bonds. The lowest BCUT2D eigenvalue weighted by Gasteiger charge is -2.65. The minimum atomic E-state index is -0.0203. The Morgan fingerprint density at radius 2 is 1.38 bits per heavy atom. The van der Waals surface area contributed by atoms with Gasteiger partial charge in [0.15, 0.2) is 0 Å². The van der Waals surface area contributed by atoms with E-state index in [1.165, 1.54) is 43.2 Å². The minimum Gasteiger partial charge on any atom is -0.490 e. The molecule has 6 atom stereocenters. The van der Waals surface area contributed by atoms with Crippen LogP contribution in [0.1, 0.15) is 43.2 Å². The van der Waals surface area contributed by atoms with Gasteiger partial charge in [-0.2, -0.15) is 0 Å². The largest absolute Gasteiger partial charge is 0.490 e. The summed E-state index contributed by atoms with van der Waals surface area (Å²) in [5.74, 6) is 5.12. The summed E-state index contributed by atoms with van der Waals surface area (Å²) in [6, 6.07) is 17.6. The number of benzene rings is 2. The van der Waals surface area contributed by atoms with E-state index < -0.39 is 0 Å². The SMILES string of the molecule is c1ccc(C2(c3ccccc3OCC3CO3)C3CC4CCCC4C2C3)c(OCC2CO2)c1. The van der Waals surface area contributed by atoms with Crippen molar-refractivity contribution in [2.75, 3.05) is 26.4 Å². The molecule has 2 aromatic rings. The maximum absolute atomic E-state index is 6.40. The number of ether oxygens (including phenoxy) is 4. The number of epoxide rings is 2. The van der Waals surface area contributed by atoms with Gasteiger partial charge in [-0.15, -0.1) is 0 Å². The topological polar surface area (TPSA) is 43.5 Å². The summed E-state index contributed by atoms with van der Waals surface area (Å²) in [5.41, 5.74) is 2.71. The fourth-order valence-electron chi connectivity index (χ4n) is 7.42. The Morgan fingerprint density at radius 3 is 1.97 bits per heavy atom. The Labute approximate surface area is 190 Å². The van der Waals surface area contributed by atoms with Crippen LogP contribution in [-0.4, -0.2) is 38.6 Å². The van der Waals surface area contributed by atoms with E-state index in [2.05, 4.69) is 48.5 Å². The molecule has 0 N–H and O–H groups in total. The minimum absolute atomic E-state index is 0.0203. The molecule has 6 unspecified atom stereocenters. The van der Waals surface area contributed by atoms with E-state index in [4.69, 9.17) is 18.9 Å². The van der Waals surface area contributed by atoms with Crippen LogP contribution in [0.25, 0.3) is 0 Å². The average molecular weight is 433 g/mol. The van der Waals surface area contributed by atoms with E-state index >= 15 is 0 Å². The molecule has 32 heavy (non-hydrogen) atoms. The second-order valence-corrected chi connectivity index (χ2v) is 10.5. The Morgan fingerprint density at radius 1 is 0.781 bits per heavy atom. The second kappa shape index (κ2) is 7.50. The molecule has 0 radical (unpaired) electrons. The fraction of sp³-hybridized carbons (Fsp3) is 0.571. The maximum atomic E-state index is 6.40. The van der Waals surface area contributed by atoms with Crippen molar-refractivity contribution in [1.82, 2.24) is 0 Å². The zero-order chi connectivity index (χ0) is 21.1. The van der Waals surface area contributed by atoms with Crippen LogP contribution in [0.4, 0.5) is 0 Å². The van der Waals surface area contributed by atoms with Crippen molar-refractivity contribution in [2.45, 2.75) is 49.7 Å². The summed E-state index contributed by atoms with van der Waals surface area (Å²) in [7, 11) is 0. The molecule has 4 nitrogen and oxygen atoms in total. The highest BCUT2D eigenvalue weighted by molar-refractivity contribution is 5.56. The standard InChI is InChI=1S/C28H32O4/c1-3-10-26(31-16-20-14-29-20)23(8-1)28(19-12-18-6-5-7-22(18)25(28)13-19)24-9-2-4-11-27(24)32-17-21-15-30-21/h1-4,8-11,18-22,25H,5-7,12-17H2. The molecule has 3 aliphatic carbocycles. The molecule has 2 aliphatic heterocycles. The third kappa shape index (κ3) is 3.03. The van der Waals surface area contributed by atoms with Crippen molar-refractivity contribution >= 4 is 0 Å². The average Bonchev–Trinajstić information content (AvgIpc) is 3.76. The molecule has 5 fully saturated rings. The maximum Gasteiger partial charge on any atom is 0.123 e. The first-order chi connectivity index (χ1) is 15.8. The van der Waals surface area contributed by atoms with Crippen LogP contribution in [0, 0.1) is 23.7 Å². The molecule has 3 saturated carbocycles. The summed E-state index contributed by atoms with van der Waals surface area (Å²) in [5, 5.41) is 0. The number of fused-ring (bicyclic) bond motifs is 4. The van der Waals surface area contributed by atoms with Crippen LogP contribution in [0.15, 0.2) is 48.5 Å². The predicted octanol–water partition coefficient (Wildman–Crippen LogP) is 4.98. The third-order valence-corrected chi connectivity index (χ3v) is 8.91. The second-order valence-electron chi connectivity index (χ2n) is 10.5. The van der Waals surface area contributed by atoms with Crippen LogP contribution in [0.3, 0.4) is 0 Å². The van der Waals surface area contributed by atoms with Crippen molar-refractivity contribution in [3.8, 4) is 11.5 Å². The molecule has 5 aliphatic rings. The van der Waals surface area contributed by atoms with E-state index in [-0.39, 0.29) is 17.6 Å². The smallest absolute Gasteiger partial charge is 0.123 e. The lowest BCUT2D eigenvalue weighted by Crippen LogP contribution is -2.61. The van der Waals surface area contributed by atoms with E-state index in [1.807, 2.05) is 0 Å². The summed E-state index contributed by atoms with van der Waals surface area (Å²) >= 11 is 0. The van der Waals surface area contributed by atoms with E-state index in [0.717, 1.165) is 36.5 Å². The summed E-state index contributed by atoms with van der Waals surface area (Å²) in [6.45, 7) is 2.93. The van der Waals surface area contributed by atoms with Gasteiger partial charge in [0.1, 0.15) is 36.9 Å². The lowest BCUT2D eigenvalue weighted by molar-refractivity contribution is -0.0698. The molecule has 0 spiro atoms. The number of para-hydroxylation sites is 2. The highest BCUT2D eigenvalue weighted by Crippen LogP contribution is 2.71. The van der Waals surface area contributed by atoms with Crippen molar-refractivity contribution < 1.29 is 18.9 Å². The predicted molar refractivity (Wildman–Crippen MR) is 121 cm³/mol. The quantitative estimate of drug-likeness (QED) is 0.552. The van der Waals surface area contributed by atoms with E-state index in [9.17, 15) is 0 Å². The van der Waals surface area contributed by atoms with Gasteiger partial charge in [0.05, 0.1) is 13.2 Å². The summed E-state index contributed by atoms with van der Waals surface area (Å²) in [4.78, 5) is 0. The molecule has 2 aromatic carbocycles. The molecule has 4 heteroatoms. The monoisotopic (exact) mass is 432 g/mol. The van der Waals surface area contributed by atoms with Crippen molar-refractivity contribution in [3.63, 3.8) is 0 Å². The van der Waals surface area contributed by atoms with Gasteiger partial charge in [-0.1, -0.05) is 49.2 Å². The highest BCUT2D eigenvalue weighted by atomic mass is 16.6. The third-order valence-electron chi connectivity index (χ3n) is 8.91. The highest BCUT2D eigenvalue weighted by Gasteiger charge is 2.65. The van der Waals surface area contributed by atoms with Crippen molar-refractivity contribution in [2.24, 2.45) is 23.7 Å². The number of hydrogen-bond acceptors (Lipinski definition) is 4. The Kier molecular flexibility index (Phi) is 4.55. The van der Waals surface area contributed by atoms with Gasteiger partial charge in [-0.3, -0.25) is 0 Å². The van der Waals surface area contributed by atoms with Gasteiger partial charge in [0.25, 0.3) is 0 Å². The Hall–Kier alpha value is -2.04. The Balaban J connectivity index is 1.35. The molecule has 2 saturated heterocycles. The van der Waals surface area contributed by atoms with Crippen molar-refractivity contribution in [1.29, 1.82) is 0 Å². The molecule has 0 aromatic heterocycles. The molecule has 2 heterocycles. The van der Waals surface area contributed by atoms with Crippen LogP contribution in [-0.2, 0) is 14.9 Å². The van der Waals surface area contributed by atoms with Gasteiger partial charge in [0.2, 0.25) is 0 Å². The van der Waals surface area contributed by atoms with Crippen LogP contribution in [0.2, 0.25) is 0 Å². The summed E-state index contributed by atoms with van der Waals surface area (Å²) in [6.07, 6.45) is 7.37. The van der Waals surface area contributed by atoms with Crippen LogP contribution >= 0.6 is 0 Å². The van der Waals surface area contributed by atoms with Crippen LogP contribution in [0.5, 0.6) is 11.5 Å².